The minimum absolute atomic E-state index is 0.0847. The smallest absolute Gasteiger partial charge is 0.311 e. The van der Waals surface area contributed by atoms with Crippen molar-refractivity contribution >= 4 is 23.4 Å². The zero-order valence-electron chi connectivity index (χ0n) is 15.9. The number of rotatable bonds is 10. The lowest BCUT2D eigenvalue weighted by Crippen LogP contribution is -2.24. The molecule has 0 bridgehead atoms. The van der Waals surface area contributed by atoms with Gasteiger partial charge in [0, 0.05) is 18.4 Å². The minimum Gasteiger partial charge on any atom is -0.493 e. The van der Waals surface area contributed by atoms with Crippen molar-refractivity contribution in [2.75, 3.05) is 27.1 Å². The van der Waals surface area contributed by atoms with Crippen LogP contribution in [0.2, 0.25) is 0 Å². The van der Waals surface area contributed by atoms with Crippen molar-refractivity contribution in [1.82, 2.24) is 5.32 Å². The van der Waals surface area contributed by atoms with Crippen molar-refractivity contribution in [2.45, 2.75) is 12.3 Å². The van der Waals surface area contributed by atoms with E-state index >= 15 is 0 Å². The Labute approximate surface area is 167 Å². The van der Waals surface area contributed by atoms with Gasteiger partial charge in [0.2, 0.25) is 5.91 Å². The molecule has 9 heteroatoms. The predicted molar refractivity (Wildman–Crippen MR) is 107 cm³/mol. The van der Waals surface area contributed by atoms with Crippen LogP contribution in [0.3, 0.4) is 0 Å². The second kappa shape index (κ2) is 10.4. The van der Waals surface area contributed by atoms with Crippen LogP contribution < -0.4 is 19.5 Å². The number of benzene rings is 2. The molecule has 0 atom stereocenters. The van der Waals surface area contributed by atoms with Gasteiger partial charge in [0.25, 0.3) is 0 Å². The van der Waals surface area contributed by atoms with Crippen molar-refractivity contribution < 1.29 is 23.9 Å². The molecule has 0 unspecified atom stereocenters. The monoisotopic (exact) mass is 406 g/mol. The van der Waals surface area contributed by atoms with Crippen LogP contribution in [0.15, 0.2) is 36.4 Å². The van der Waals surface area contributed by atoms with Crippen LogP contribution >= 0.6 is 11.8 Å². The molecule has 1 N–H and O–H groups in total. The molecular weight excluding hydrogens is 384 g/mol. The van der Waals surface area contributed by atoms with Crippen molar-refractivity contribution in [2.24, 2.45) is 0 Å². The van der Waals surface area contributed by atoms with Crippen LogP contribution in [0.4, 0.5) is 5.69 Å². The second-order valence-electron chi connectivity index (χ2n) is 5.72. The van der Waals surface area contributed by atoms with Crippen LogP contribution in [-0.2, 0) is 17.1 Å². The molecule has 0 fully saturated rings. The molecule has 0 aliphatic heterocycles. The van der Waals surface area contributed by atoms with Crippen molar-refractivity contribution in [3.63, 3.8) is 0 Å². The van der Waals surface area contributed by atoms with Gasteiger partial charge in [0.15, 0.2) is 17.2 Å². The number of nitrogens with zero attached hydrogens (tertiary/aromatic N) is 1. The van der Waals surface area contributed by atoms with E-state index in [0.717, 1.165) is 11.1 Å². The highest BCUT2D eigenvalue weighted by atomic mass is 32.2. The fourth-order valence-electron chi connectivity index (χ4n) is 2.47. The molecule has 0 heterocycles. The fourth-order valence-corrected chi connectivity index (χ4v) is 3.28. The molecule has 2 aromatic rings. The predicted octanol–water partition coefficient (Wildman–Crippen LogP) is 3.17. The maximum Gasteiger partial charge on any atom is 0.311 e. The average Bonchev–Trinajstić information content (AvgIpc) is 2.71. The van der Waals surface area contributed by atoms with Gasteiger partial charge >= 0.3 is 5.69 Å². The summed E-state index contributed by atoms with van der Waals surface area (Å²) in [5.74, 6) is 2.04. The van der Waals surface area contributed by atoms with Gasteiger partial charge in [-0.05, 0) is 29.3 Å². The number of methoxy groups -OCH3 is 3. The highest BCUT2D eigenvalue weighted by Gasteiger charge is 2.15. The molecule has 150 valence electrons. The van der Waals surface area contributed by atoms with Gasteiger partial charge in [-0.1, -0.05) is 12.1 Å². The molecule has 2 aromatic carbocycles. The number of carbonyl (C=O) groups is 1. The summed E-state index contributed by atoms with van der Waals surface area (Å²) in [6, 6.07) is 10.2. The van der Waals surface area contributed by atoms with E-state index in [1.807, 2.05) is 12.1 Å². The lowest BCUT2D eigenvalue weighted by Gasteiger charge is -2.10. The highest BCUT2D eigenvalue weighted by molar-refractivity contribution is 7.99. The fraction of sp³-hybridized carbons (Fsp3) is 0.316. The van der Waals surface area contributed by atoms with Crippen LogP contribution in [0.25, 0.3) is 0 Å². The maximum atomic E-state index is 12.0. The molecule has 0 aromatic heterocycles. The number of hydrogen-bond donors (Lipinski definition) is 1. The summed E-state index contributed by atoms with van der Waals surface area (Å²) in [5.41, 5.74) is 1.56. The number of thioether (sulfide) groups is 1. The topological polar surface area (TPSA) is 99.9 Å². The maximum absolute atomic E-state index is 12.0. The Hall–Kier alpha value is -2.94. The Bertz CT molecular complexity index is 843. The molecule has 2 rings (SSSR count). The Morgan fingerprint density at radius 1 is 1.00 bits per heavy atom. The number of nitro groups is 1. The summed E-state index contributed by atoms with van der Waals surface area (Å²) < 4.78 is 15.4. The van der Waals surface area contributed by atoms with Crippen LogP contribution in [0, 0.1) is 10.1 Å². The SMILES string of the molecule is COc1ccc(CNC(=O)CSCc2ccc(OC)c([N+](=O)[O-])c2)cc1OC. The lowest BCUT2D eigenvalue weighted by atomic mass is 10.2. The van der Waals surface area contributed by atoms with E-state index < -0.39 is 4.92 Å². The normalized spacial score (nSPS) is 10.2. The Morgan fingerprint density at radius 2 is 1.64 bits per heavy atom. The Balaban J connectivity index is 1.83. The molecule has 1 amide bonds. The molecule has 28 heavy (non-hydrogen) atoms. The molecule has 0 aliphatic carbocycles. The molecule has 0 saturated heterocycles. The molecule has 0 spiro atoms. The van der Waals surface area contributed by atoms with E-state index in [2.05, 4.69) is 5.32 Å². The average molecular weight is 406 g/mol. The Morgan fingerprint density at radius 3 is 2.29 bits per heavy atom. The number of nitrogens with one attached hydrogen (secondary N) is 1. The minimum atomic E-state index is -0.483. The first-order valence-corrected chi connectivity index (χ1v) is 9.50. The van der Waals surface area contributed by atoms with Crippen molar-refractivity contribution in [3.8, 4) is 17.2 Å². The quantitative estimate of drug-likeness (QED) is 0.478. The first-order chi connectivity index (χ1) is 13.5. The third-order valence-corrected chi connectivity index (χ3v) is 4.88. The number of ether oxygens (including phenoxy) is 3. The number of carbonyl (C=O) groups excluding carboxylic acids is 1. The van der Waals surface area contributed by atoms with Crippen LogP contribution in [0.1, 0.15) is 11.1 Å². The summed E-state index contributed by atoms with van der Waals surface area (Å²) in [4.78, 5) is 22.6. The zero-order valence-corrected chi connectivity index (χ0v) is 16.7. The Kier molecular flexibility index (Phi) is 7.94. The van der Waals surface area contributed by atoms with E-state index in [4.69, 9.17) is 14.2 Å². The molecule has 0 aliphatic rings. The highest BCUT2D eigenvalue weighted by Crippen LogP contribution is 2.29. The standard InChI is InChI=1S/C19H22N2O6S/c1-25-16-6-5-14(8-15(16)21(23)24)11-28-12-19(22)20-10-13-4-7-17(26-2)18(9-13)27-3/h4-9H,10-12H2,1-3H3,(H,20,22). The molecule has 0 radical (unpaired) electrons. The van der Waals surface area contributed by atoms with Crippen molar-refractivity contribution in [3.05, 3.63) is 57.6 Å². The third-order valence-electron chi connectivity index (χ3n) is 3.88. The molecule has 0 saturated carbocycles. The first kappa shape index (κ1) is 21.4. The zero-order chi connectivity index (χ0) is 20.5. The van der Waals surface area contributed by atoms with Crippen LogP contribution in [0.5, 0.6) is 17.2 Å². The van der Waals surface area contributed by atoms with Gasteiger partial charge in [0.05, 0.1) is 32.0 Å². The number of hydrogen-bond acceptors (Lipinski definition) is 7. The third kappa shape index (κ3) is 5.78. The summed E-state index contributed by atoms with van der Waals surface area (Å²) in [5, 5.41) is 13.9. The van der Waals surface area contributed by atoms with E-state index in [9.17, 15) is 14.9 Å². The summed E-state index contributed by atoms with van der Waals surface area (Å²) in [6.07, 6.45) is 0. The summed E-state index contributed by atoms with van der Waals surface area (Å²) in [7, 11) is 4.51. The van der Waals surface area contributed by atoms with E-state index in [-0.39, 0.29) is 23.1 Å². The van der Waals surface area contributed by atoms with Gasteiger partial charge in [-0.2, -0.15) is 0 Å². The molecule has 8 nitrogen and oxygen atoms in total. The van der Waals surface area contributed by atoms with Gasteiger partial charge < -0.3 is 19.5 Å². The summed E-state index contributed by atoms with van der Waals surface area (Å²) >= 11 is 1.38. The number of amides is 1. The van der Waals surface area contributed by atoms with Gasteiger partial charge in [0.1, 0.15) is 0 Å². The first-order valence-electron chi connectivity index (χ1n) is 8.35. The van der Waals surface area contributed by atoms with Gasteiger partial charge in [-0.15, -0.1) is 11.8 Å². The van der Waals surface area contributed by atoms with Gasteiger partial charge in [-0.3, -0.25) is 14.9 Å². The number of nitro benzene ring substituents is 1. The van der Waals surface area contributed by atoms with Crippen molar-refractivity contribution in [1.29, 1.82) is 0 Å². The van der Waals surface area contributed by atoms with E-state index in [0.29, 0.717) is 23.8 Å². The summed E-state index contributed by atoms with van der Waals surface area (Å²) in [6.45, 7) is 0.369. The van der Waals surface area contributed by atoms with E-state index in [1.165, 1.54) is 24.9 Å². The van der Waals surface area contributed by atoms with Gasteiger partial charge in [-0.25, -0.2) is 0 Å². The van der Waals surface area contributed by atoms with Crippen LogP contribution in [-0.4, -0.2) is 37.9 Å². The molecular formula is C19H22N2O6S. The van der Waals surface area contributed by atoms with E-state index in [1.54, 1.807) is 32.4 Å². The lowest BCUT2D eigenvalue weighted by molar-refractivity contribution is -0.385. The largest absolute Gasteiger partial charge is 0.493 e. The second-order valence-corrected chi connectivity index (χ2v) is 6.71.